The average molecular weight is 248 g/mol. The van der Waals surface area contributed by atoms with Crippen molar-refractivity contribution in [3.63, 3.8) is 0 Å². The Balaban J connectivity index is 2.07. The molecule has 1 amide bonds. The van der Waals surface area contributed by atoms with E-state index in [0.717, 1.165) is 38.4 Å². The van der Waals surface area contributed by atoms with Gasteiger partial charge in [0.2, 0.25) is 0 Å². The molecule has 1 aromatic rings. The summed E-state index contributed by atoms with van der Waals surface area (Å²) in [5, 5.41) is 0. The molecule has 18 heavy (non-hydrogen) atoms. The van der Waals surface area contributed by atoms with E-state index in [-0.39, 0.29) is 5.91 Å². The van der Waals surface area contributed by atoms with E-state index in [1.54, 1.807) is 6.07 Å². The van der Waals surface area contributed by atoms with E-state index >= 15 is 0 Å². The van der Waals surface area contributed by atoms with Crippen molar-refractivity contribution >= 4 is 5.91 Å². The number of likely N-dealkylation sites (N-methyl/N-ethyl adjacent to an activating group) is 1. The molecule has 1 saturated heterocycles. The minimum Gasteiger partial charge on any atom is -0.335 e. The fourth-order valence-corrected chi connectivity index (χ4v) is 2.26. The molecule has 2 rings (SSSR count). The van der Waals surface area contributed by atoms with Crippen molar-refractivity contribution in [1.82, 2.24) is 19.8 Å². The van der Waals surface area contributed by atoms with Gasteiger partial charge in [-0.2, -0.15) is 0 Å². The van der Waals surface area contributed by atoms with Crippen molar-refractivity contribution in [3.8, 4) is 0 Å². The quantitative estimate of drug-likeness (QED) is 0.779. The zero-order valence-electron chi connectivity index (χ0n) is 11.3. The zero-order chi connectivity index (χ0) is 13.1. The molecule has 0 saturated carbocycles. The smallest absolute Gasteiger partial charge is 0.272 e. The minimum atomic E-state index is 0.0272. The fraction of sp³-hybridized carbons (Fsp3) is 0.615. The second kappa shape index (κ2) is 5.44. The predicted molar refractivity (Wildman–Crippen MR) is 69.5 cm³/mol. The van der Waals surface area contributed by atoms with Crippen LogP contribution in [-0.2, 0) is 0 Å². The highest BCUT2D eigenvalue weighted by Crippen LogP contribution is 2.08. The molecule has 1 aromatic heterocycles. The van der Waals surface area contributed by atoms with Crippen LogP contribution < -0.4 is 0 Å². The highest BCUT2D eigenvalue weighted by molar-refractivity contribution is 5.92. The Bertz CT molecular complexity index is 418. The van der Waals surface area contributed by atoms with Crippen LogP contribution in [0.5, 0.6) is 0 Å². The molecule has 1 fully saturated rings. The number of amides is 1. The number of aryl methyl sites for hydroxylation is 2. The molecule has 0 atom stereocenters. The largest absolute Gasteiger partial charge is 0.335 e. The monoisotopic (exact) mass is 248 g/mol. The van der Waals surface area contributed by atoms with E-state index in [9.17, 15) is 4.79 Å². The molecular weight excluding hydrogens is 228 g/mol. The summed E-state index contributed by atoms with van der Waals surface area (Å²) in [6, 6.07) is 1.77. The van der Waals surface area contributed by atoms with Gasteiger partial charge in [-0.1, -0.05) is 6.92 Å². The Morgan fingerprint density at radius 3 is 2.44 bits per heavy atom. The van der Waals surface area contributed by atoms with Crippen molar-refractivity contribution < 1.29 is 4.79 Å². The molecule has 0 aliphatic carbocycles. The first kappa shape index (κ1) is 13.0. The number of hydrogen-bond acceptors (Lipinski definition) is 4. The first-order valence-electron chi connectivity index (χ1n) is 6.44. The Morgan fingerprint density at radius 1 is 1.22 bits per heavy atom. The Kier molecular flexibility index (Phi) is 3.91. The highest BCUT2D eigenvalue weighted by atomic mass is 16.2. The maximum atomic E-state index is 12.3. The van der Waals surface area contributed by atoms with Crippen LogP contribution in [0.3, 0.4) is 0 Å². The van der Waals surface area contributed by atoms with Gasteiger partial charge in [0.1, 0.15) is 11.5 Å². The molecule has 0 N–H and O–H groups in total. The maximum absolute atomic E-state index is 12.3. The molecule has 0 unspecified atom stereocenters. The van der Waals surface area contributed by atoms with Gasteiger partial charge >= 0.3 is 0 Å². The molecule has 0 spiro atoms. The zero-order valence-corrected chi connectivity index (χ0v) is 11.3. The molecular formula is C13H20N4O. The SMILES string of the molecule is CCN1CCN(C(=O)c2cc(C)nc(C)n2)CC1. The normalized spacial score (nSPS) is 16.9. The third kappa shape index (κ3) is 2.85. The van der Waals surface area contributed by atoms with Gasteiger partial charge in [-0.3, -0.25) is 4.79 Å². The lowest BCUT2D eigenvalue weighted by molar-refractivity contribution is 0.0637. The second-order valence-electron chi connectivity index (χ2n) is 4.67. The van der Waals surface area contributed by atoms with Crippen molar-refractivity contribution in [2.45, 2.75) is 20.8 Å². The van der Waals surface area contributed by atoms with Crippen LogP contribution in [0.15, 0.2) is 6.07 Å². The van der Waals surface area contributed by atoms with E-state index in [1.807, 2.05) is 18.7 Å². The van der Waals surface area contributed by atoms with Crippen molar-refractivity contribution in [3.05, 3.63) is 23.3 Å². The van der Waals surface area contributed by atoms with Gasteiger partial charge in [0.15, 0.2) is 0 Å². The van der Waals surface area contributed by atoms with Gasteiger partial charge in [-0.05, 0) is 26.5 Å². The molecule has 98 valence electrons. The van der Waals surface area contributed by atoms with Gasteiger partial charge in [-0.15, -0.1) is 0 Å². The second-order valence-corrected chi connectivity index (χ2v) is 4.67. The molecule has 5 heteroatoms. The summed E-state index contributed by atoms with van der Waals surface area (Å²) in [6.45, 7) is 10.4. The van der Waals surface area contributed by atoms with Crippen molar-refractivity contribution in [1.29, 1.82) is 0 Å². The molecule has 2 heterocycles. The van der Waals surface area contributed by atoms with Crippen LogP contribution in [0.2, 0.25) is 0 Å². The standard InChI is InChI=1S/C13H20N4O/c1-4-16-5-7-17(8-6-16)13(18)12-9-10(2)14-11(3)15-12/h9H,4-8H2,1-3H3. The third-order valence-corrected chi connectivity index (χ3v) is 3.29. The Labute approximate surface area is 108 Å². The molecule has 1 aliphatic heterocycles. The van der Waals surface area contributed by atoms with E-state index in [4.69, 9.17) is 0 Å². The van der Waals surface area contributed by atoms with E-state index in [1.165, 1.54) is 0 Å². The number of carbonyl (C=O) groups is 1. The summed E-state index contributed by atoms with van der Waals surface area (Å²) >= 11 is 0. The highest BCUT2D eigenvalue weighted by Gasteiger charge is 2.22. The van der Waals surface area contributed by atoms with Crippen molar-refractivity contribution in [2.75, 3.05) is 32.7 Å². The minimum absolute atomic E-state index is 0.0272. The first-order valence-corrected chi connectivity index (χ1v) is 6.44. The number of carbonyl (C=O) groups excluding carboxylic acids is 1. The topological polar surface area (TPSA) is 49.3 Å². The molecule has 0 bridgehead atoms. The number of aromatic nitrogens is 2. The summed E-state index contributed by atoms with van der Waals surface area (Å²) in [5.41, 5.74) is 1.36. The lowest BCUT2D eigenvalue weighted by Crippen LogP contribution is -2.48. The van der Waals surface area contributed by atoms with Gasteiger partial charge < -0.3 is 9.80 Å². The fourth-order valence-electron chi connectivity index (χ4n) is 2.26. The number of nitrogens with zero attached hydrogens (tertiary/aromatic N) is 4. The number of hydrogen-bond donors (Lipinski definition) is 0. The molecule has 0 aromatic carbocycles. The maximum Gasteiger partial charge on any atom is 0.272 e. The summed E-state index contributed by atoms with van der Waals surface area (Å²) in [5.74, 6) is 0.685. The van der Waals surface area contributed by atoms with E-state index in [2.05, 4.69) is 21.8 Å². The number of piperazine rings is 1. The molecule has 5 nitrogen and oxygen atoms in total. The Morgan fingerprint density at radius 2 is 1.89 bits per heavy atom. The summed E-state index contributed by atoms with van der Waals surface area (Å²) in [6.07, 6.45) is 0. The lowest BCUT2D eigenvalue weighted by atomic mass is 10.2. The van der Waals surface area contributed by atoms with Crippen molar-refractivity contribution in [2.24, 2.45) is 0 Å². The van der Waals surface area contributed by atoms with Gasteiger partial charge in [-0.25, -0.2) is 9.97 Å². The third-order valence-electron chi connectivity index (χ3n) is 3.29. The summed E-state index contributed by atoms with van der Waals surface area (Å²) in [7, 11) is 0. The van der Waals surface area contributed by atoms with Gasteiger partial charge in [0.05, 0.1) is 0 Å². The lowest BCUT2D eigenvalue weighted by Gasteiger charge is -2.33. The first-order chi connectivity index (χ1) is 8.60. The van der Waals surface area contributed by atoms with Crippen LogP contribution >= 0.6 is 0 Å². The van der Waals surface area contributed by atoms with Crippen LogP contribution in [0, 0.1) is 13.8 Å². The average Bonchev–Trinajstić information content (AvgIpc) is 2.37. The van der Waals surface area contributed by atoms with Gasteiger partial charge in [0.25, 0.3) is 5.91 Å². The van der Waals surface area contributed by atoms with Crippen LogP contribution in [-0.4, -0.2) is 58.4 Å². The summed E-state index contributed by atoms with van der Waals surface area (Å²) in [4.78, 5) is 25.0. The van der Waals surface area contributed by atoms with Crippen LogP contribution in [0.25, 0.3) is 0 Å². The van der Waals surface area contributed by atoms with Crippen LogP contribution in [0.1, 0.15) is 28.9 Å². The number of rotatable bonds is 2. The molecule has 1 aliphatic rings. The molecule has 0 radical (unpaired) electrons. The van der Waals surface area contributed by atoms with E-state index < -0.39 is 0 Å². The van der Waals surface area contributed by atoms with Crippen LogP contribution in [0.4, 0.5) is 0 Å². The van der Waals surface area contributed by atoms with E-state index in [0.29, 0.717) is 11.5 Å². The predicted octanol–water partition coefficient (Wildman–Crippen LogP) is 0.871. The van der Waals surface area contributed by atoms with Gasteiger partial charge in [0, 0.05) is 31.9 Å². The Hall–Kier alpha value is -1.49. The summed E-state index contributed by atoms with van der Waals surface area (Å²) < 4.78 is 0.